The third kappa shape index (κ3) is 3.84. The zero-order valence-electron chi connectivity index (χ0n) is 16.3. The molecule has 2 aromatic carbocycles. The van der Waals surface area contributed by atoms with Crippen LogP contribution < -0.4 is 0 Å². The molecule has 4 aromatic rings. The highest BCUT2D eigenvalue weighted by Gasteiger charge is 2.26. The summed E-state index contributed by atoms with van der Waals surface area (Å²) in [5, 5.41) is 11.1. The Morgan fingerprint density at radius 1 is 1.03 bits per heavy atom. The Morgan fingerprint density at radius 2 is 1.87 bits per heavy atom. The Bertz CT molecular complexity index is 1140. The van der Waals surface area contributed by atoms with Crippen molar-refractivity contribution in [2.24, 2.45) is 0 Å². The van der Waals surface area contributed by atoms with Crippen LogP contribution in [0.15, 0.2) is 65.3 Å². The fourth-order valence-electron chi connectivity index (χ4n) is 3.65. The van der Waals surface area contributed by atoms with E-state index in [2.05, 4.69) is 32.6 Å². The number of carbonyl (C=O) groups excluding carboxylic acids is 1. The van der Waals surface area contributed by atoms with Crippen molar-refractivity contribution in [3.63, 3.8) is 0 Å². The fraction of sp³-hybridized carbons (Fsp3) is 0.227. The number of rotatable bonds is 5. The third-order valence-corrected chi connectivity index (χ3v) is 5.19. The highest BCUT2D eigenvalue weighted by atomic mass is 16.4. The van der Waals surface area contributed by atoms with Gasteiger partial charge in [0, 0.05) is 24.9 Å². The first kappa shape index (κ1) is 18.2. The monoisotopic (exact) mass is 400 g/mol. The molecule has 0 atom stereocenters. The molecule has 2 aromatic heterocycles. The van der Waals surface area contributed by atoms with Crippen molar-refractivity contribution in [3.8, 4) is 0 Å². The van der Waals surface area contributed by atoms with E-state index in [1.807, 2.05) is 47.4 Å². The summed E-state index contributed by atoms with van der Waals surface area (Å²) in [7, 11) is 0. The Kier molecular flexibility index (Phi) is 4.80. The van der Waals surface area contributed by atoms with Gasteiger partial charge in [-0.15, -0.1) is 5.10 Å². The third-order valence-electron chi connectivity index (χ3n) is 5.19. The molecule has 0 N–H and O–H groups in total. The smallest absolute Gasteiger partial charge is 0.254 e. The van der Waals surface area contributed by atoms with Crippen LogP contribution in [0.25, 0.3) is 0 Å². The van der Waals surface area contributed by atoms with Gasteiger partial charge in [-0.05, 0) is 33.7 Å². The van der Waals surface area contributed by atoms with Gasteiger partial charge in [0.25, 0.3) is 5.91 Å². The van der Waals surface area contributed by atoms with E-state index in [-0.39, 0.29) is 5.91 Å². The van der Waals surface area contributed by atoms with Gasteiger partial charge in [-0.3, -0.25) is 4.79 Å². The molecule has 0 fully saturated rings. The van der Waals surface area contributed by atoms with E-state index in [9.17, 15) is 4.79 Å². The van der Waals surface area contributed by atoms with E-state index in [4.69, 9.17) is 4.42 Å². The molecule has 1 amide bonds. The maximum absolute atomic E-state index is 13.0. The molecule has 150 valence electrons. The molecule has 5 rings (SSSR count). The van der Waals surface area contributed by atoms with Gasteiger partial charge >= 0.3 is 0 Å². The van der Waals surface area contributed by atoms with Gasteiger partial charge in [-0.1, -0.05) is 42.5 Å². The number of oxazole rings is 1. The first-order valence-electron chi connectivity index (χ1n) is 9.85. The molecule has 8 heteroatoms. The lowest BCUT2D eigenvalue weighted by Gasteiger charge is -2.25. The van der Waals surface area contributed by atoms with Crippen LogP contribution in [0, 0.1) is 0 Å². The molecule has 30 heavy (non-hydrogen) atoms. The van der Waals surface area contributed by atoms with Crippen LogP contribution in [0.4, 0.5) is 0 Å². The number of nitrogens with zero attached hydrogens (tertiary/aromatic N) is 6. The van der Waals surface area contributed by atoms with Gasteiger partial charge in [0.2, 0.25) is 0 Å². The molecule has 3 heterocycles. The van der Waals surface area contributed by atoms with E-state index >= 15 is 0 Å². The molecule has 0 saturated heterocycles. The number of hydrogen-bond acceptors (Lipinski definition) is 6. The normalized spacial score (nSPS) is 13.3. The highest BCUT2D eigenvalue weighted by molar-refractivity contribution is 5.94. The van der Waals surface area contributed by atoms with Crippen LogP contribution in [0.1, 0.15) is 38.8 Å². The Labute approximate surface area is 173 Å². The molecule has 0 spiro atoms. The quantitative estimate of drug-likeness (QED) is 0.511. The molecule has 1 aliphatic heterocycles. The van der Waals surface area contributed by atoms with Crippen LogP contribution >= 0.6 is 0 Å². The molecule has 8 nitrogen and oxygen atoms in total. The molecule has 0 unspecified atom stereocenters. The largest absolute Gasteiger partial charge is 0.445 e. The zero-order chi connectivity index (χ0) is 20.3. The predicted molar refractivity (Wildman–Crippen MR) is 108 cm³/mol. The second-order valence-corrected chi connectivity index (χ2v) is 7.32. The average molecular weight is 400 g/mol. The van der Waals surface area contributed by atoms with Gasteiger partial charge in [0.15, 0.2) is 5.89 Å². The first-order valence-corrected chi connectivity index (χ1v) is 9.85. The van der Waals surface area contributed by atoms with Crippen LogP contribution in [0.2, 0.25) is 0 Å². The Balaban J connectivity index is 1.25. The van der Waals surface area contributed by atoms with Crippen molar-refractivity contribution in [1.82, 2.24) is 30.1 Å². The zero-order valence-corrected chi connectivity index (χ0v) is 16.3. The summed E-state index contributed by atoms with van der Waals surface area (Å²) in [6, 6.07) is 17.7. The summed E-state index contributed by atoms with van der Waals surface area (Å²) >= 11 is 0. The minimum absolute atomic E-state index is 0.00207. The SMILES string of the molecule is O=C(c1ccc(Cn2cnnn2)cc1)N1CCc2oc(Cc3ccccc3)nc2C1. The predicted octanol–water partition coefficient (Wildman–Crippen LogP) is 2.50. The summed E-state index contributed by atoms with van der Waals surface area (Å²) in [6.07, 6.45) is 2.90. The highest BCUT2D eigenvalue weighted by Crippen LogP contribution is 2.23. The molecule has 0 radical (unpaired) electrons. The topological polar surface area (TPSA) is 89.9 Å². The van der Waals surface area contributed by atoms with Crippen LogP contribution in [-0.2, 0) is 25.9 Å². The maximum atomic E-state index is 13.0. The molecular formula is C22H20N6O2. The lowest BCUT2D eigenvalue weighted by atomic mass is 10.1. The molecular weight excluding hydrogens is 380 g/mol. The van der Waals surface area contributed by atoms with E-state index < -0.39 is 0 Å². The van der Waals surface area contributed by atoms with Crippen LogP contribution in [0.3, 0.4) is 0 Å². The van der Waals surface area contributed by atoms with E-state index in [0.717, 1.165) is 22.6 Å². The van der Waals surface area contributed by atoms with Gasteiger partial charge in [0.05, 0.1) is 13.1 Å². The standard InChI is InChI=1S/C22H20N6O2/c29-22(18-8-6-17(7-9-18)13-28-15-23-25-26-28)27-11-10-20-19(14-27)24-21(30-20)12-16-4-2-1-3-5-16/h1-9,15H,10-14H2. The van der Waals surface area contributed by atoms with Crippen LogP contribution in [0.5, 0.6) is 0 Å². The second-order valence-electron chi connectivity index (χ2n) is 7.32. The number of tetrazole rings is 1. The van der Waals surface area contributed by atoms with Crippen molar-refractivity contribution < 1.29 is 9.21 Å². The van der Waals surface area contributed by atoms with E-state index in [1.165, 1.54) is 0 Å². The number of aromatic nitrogens is 5. The number of hydrogen-bond donors (Lipinski definition) is 0. The summed E-state index contributed by atoms with van der Waals surface area (Å²) in [5.41, 5.74) is 3.70. The van der Waals surface area contributed by atoms with Crippen molar-refractivity contribution in [1.29, 1.82) is 0 Å². The first-order chi connectivity index (χ1) is 14.7. The van der Waals surface area contributed by atoms with E-state index in [0.29, 0.717) is 43.9 Å². The number of amides is 1. The number of carbonyl (C=O) groups is 1. The molecule has 0 aliphatic carbocycles. The van der Waals surface area contributed by atoms with Crippen LogP contribution in [-0.4, -0.2) is 42.5 Å². The Hall–Kier alpha value is -3.81. The van der Waals surface area contributed by atoms with Gasteiger partial charge < -0.3 is 9.32 Å². The Morgan fingerprint density at radius 3 is 2.63 bits per heavy atom. The van der Waals surface area contributed by atoms with Gasteiger partial charge in [-0.2, -0.15) is 0 Å². The minimum atomic E-state index is 0.00207. The van der Waals surface area contributed by atoms with Gasteiger partial charge in [-0.25, -0.2) is 9.67 Å². The lowest BCUT2D eigenvalue weighted by molar-refractivity contribution is 0.0728. The van der Waals surface area contributed by atoms with E-state index in [1.54, 1.807) is 11.0 Å². The summed E-state index contributed by atoms with van der Waals surface area (Å²) in [5.74, 6) is 1.59. The van der Waals surface area contributed by atoms with Crippen molar-refractivity contribution in [2.75, 3.05) is 6.54 Å². The number of benzene rings is 2. The molecule has 0 saturated carbocycles. The van der Waals surface area contributed by atoms with Crippen molar-refractivity contribution >= 4 is 5.91 Å². The number of fused-ring (bicyclic) bond motifs is 1. The second kappa shape index (κ2) is 7.90. The van der Waals surface area contributed by atoms with Gasteiger partial charge in [0.1, 0.15) is 17.8 Å². The van der Waals surface area contributed by atoms with Crippen molar-refractivity contribution in [3.05, 3.63) is 95.0 Å². The maximum Gasteiger partial charge on any atom is 0.254 e. The summed E-state index contributed by atoms with van der Waals surface area (Å²) < 4.78 is 7.58. The fourth-order valence-corrected chi connectivity index (χ4v) is 3.65. The molecule has 0 bridgehead atoms. The molecule has 1 aliphatic rings. The lowest BCUT2D eigenvalue weighted by Crippen LogP contribution is -2.35. The van der Waals surface area contributed by atoms with Crippen molar-refractivity contribution in [2.45, 2.75) is 25.9 Å². The summed E-state index contributed by atoms with van der Waals surface area (Å²) in [6.45, 7) is 1.66. The minimum Gasteiger partial charge on any atom is -0.445 e. The summed E-state index contributed by atoms with van der Waals surface area (Å²) in [4.78, 5) is 19.4. The average Bonchev–Trinajstić information content (AvgIpc) is 3.43.